The first-order valence-corrected chi connectivity index (χ1v) is 14.8. The highest BCUT2D eigenvalue weighted by atomic mass is 79.9. The summed E-state index contributed by atoms with van der Waals surface area (Å²) < 4.78 is 25.5. The monoisotopic (exact) mass is 630 g/mol. The second-order valence-corrected chi connectivity index (χ2v) is 11.9. The number of carbonyl (C=O) groups excluding carboxylic acids is 2. The Morgan fingerprint density at radius 3 is 2.59 bits per heavy atom. The molecule has 0 bridgehead atoms. The number of carbonyl (C=O) groups is 2. The lowest BCUT2D eigenvalue weighted by Crippen LogP contribution is -2.52. The van der Waals surface area contributed by atoms with Crippen LogP contribution in [0.4, 0.5) is 4.79 Å². The highest BCUT2D eigenvalue weighted by molar-refractivity contribution is 9.10. The topological polar surface area (TPSA) is 113 Å². The second-order valence-electron chi connectivity index (χ2n) is 11.0. The summed E-state index contributed by atoms with van der Waals surface area (Å²) in [5.41, 5.74) is 0.941. The van der Waals surface area contributed by atoms with Crippen molar-refractivity contribution in [3.63, 3.8) is 0 Å². The summed E-state index contributed by atoms with van der Waals surface area (Å²) in [6, 6.07) is 8.50. The van der Waals surface area contributed by atoms with Gasteiger partial charge in [0.15, 0.2) is 0 Å². The lowest BCUT2D eigenvalue weighted by Gasteiger charge is -2.27. The number of nitrogens with one attached hydrogen (secondary N) is 2. The van der Waals surface area contributed by atoms with Gasteiger partial charge in [-0.2, -0.15) is 0 Å². The van der Waals surface area contributed by atoms with E-state index >= 15 is 0 Å². The Bertz CT molecular complexity index is 1320. The summed E-state index contributed by atoms with van der Waals surface area (Å²) in [4.78, 5) is 30.3. The van der Waals surface area contributed by atoms with Crippen molar-refractivity contribution < 1.29 is 28.5 Å². The number of fused-ring (bicyclic) bond motifs is 1. The van der Waals surface area contributed by atoms with E-state index in [4.69, 9.17) is 18.9 Å². The van der Waals surface area contributed by atoms with E-state index in [2.05, 4.69) is 38.5 Å². The number of hydrogen-bond donors (Lipinski definition) is 2. The fourth-order valence-electron chi connectivity index (χ4n) is 4.49. The summed E-state index contributed by atoms with van der Waals surface area (Å²) in [6.45, 7) is 9.71. The molecule has 0 spiro atoms. The van der Waals surface area contributed by atoms with Gasteiger partial charge in [-0.05, 0) is 79.7 Å². The number of alkyl carbamates (subject to hydrolysis) is 1. The van der Waals surface area contributed by atoms with Gasteiger partial charge in [0, 0.05) is 49.1 Å². The zero-order chi connectivity index (χ0) is 29.4. The summed E-state index contributed by atoms with van der Waals surface area (Å²) in [5.74, 6) is 1.04. The maximum Gasteiger partial charge on any atom is 0.408 e. The van der Waals surface area contributed by atoms with Gasteiger partial charge in [-0.15, -0.1) is 0 Å². The molecular weight excluding hydrogens is 592 g/mol. The van der Waals surface area contributed by atoms with Crippen LogP contribution in [0.25, 0.3) is 11.0 Å². The highest BCUT2D eigenvalue weighted by Gasteiger charge is 2.27. The number of ether oxygens (including phenoxy) is 4. The van der Waals surface area contributed by atoms with Gasteiger partial charge in [-0.25, -0.2) is 9.78 Å². The number of amides is 2. The fourth-order valence-corrected chi connectivity index (χ4v) is 5.11. The largest absolute Gasteiger partial charge is 0.457 e. The molecule has 1 fully saturated rings. The van der Waals surface area contributed by atoms with E-state index in [1.54, 1.807) is 27.0 Å². The smallest absolute Gasteiger partial charge is 0.408 e. The number of aromatic nitrogens is 2. The van der Waals surface area contributed by atoms with Crippen LogP contribution < -0.4 is 15.4 Å². The molecule has 2 aromatic heterocycles. The van der Waals surface area contributed by atoms with E-state index in [0.29, 0.717) is 44.5 Å². The Morgan fingerprint density at radius 1 is 1.17 bits per heavy atom. The number of nitrogens with zero attached hydrogens (tertiary/aromatic N) is 2. The van der Waals surface area contributed by atoms with E-state index in [0.717, 1.165) is 40.3 Å². The maximum absolute atomic E-state index is 13.2. The number of benzene rings is 1. The molecule has 0 aliphatic carbocycles. The molecule has 4 rings (SSSR count). The average molecular weight is 632 g/mol. The molecule has 3 aromatic rings. The van der Waals surface area contributed by atoms with Crippen molar-refractivity contribution >= 4 is 39.0 Å². The lowest BCUT2D eigenvalue weighted by atomic mass is 10.0. The van der Waals surface area contributed by atoms with Gasteiger partial charge in [-0.3, -0.25) is 4.79 Å². The van der Waals surface area contributed by atoms with Gasteiger partial charge < -0.3 is 34.1 Å². The Labute approximate surface area is 249 Å². The third-order valence-electron chi connectivity index (χ3n) is 6.42. The van der Waals surface area contributed by atoms with Gasteiger partial charge in [0.25, 0.3) is 0 Å². The van der Waals surface area contributed by atoms with Crippen molar-refractivity contribution in [3.05, 3.63) is 52.8 Å². The Hall–Kier alpha value is -3.15. The van der Waals surface area contributed by atoms with E-state index in [-0.39, 0.29) is 11.9 Å². The van der Waals surface area contributed by atoms with Crippen LogP contribution >= 0.6 is 15.9 Å². The minimum Gasteiger partial charge on any atom is -0.457 e. The van der Waals surface area contributed by atoms with E-state index < -0.39 is 17.7 Å². The minimum atomic E-state index is -0.801. The molecule has 2 amide bonds. The van der Waals surface area contributed by atoms with Gasteiger partial charge in [-0.1, -0.05) is 19.1 Å². The third kappa shape index (κ3) is 8.92. The van der Waals surface area contributed by atoms with Crippen molar-refractivity contribution in [1.82, 2.24) is 20.2 Å². The first kappa shape index (κ1) is 30.8. The normalized spacial score (nSPS) is 15.0. The average Bonchev–Trinajstić information content (AvgIpc) is 3.25. The molecule has 1 aliphatic heterocycles. The van der Waals surface area contributed by atoms with Crippen LogP contribution in [-0.4, -0.2) is 59.1 Å². The molecule has 41 heavy (non-hydrogen) atoms. The quantitative estimate of drug-likeness (QED) is 0.261. The Kier molecular flexibility index (Phi) is 10.6. The maximum atomic E-state index is 13.2. The van der Waals surface area contributed by atoms with Crippen LogP contribution in [0.3, 0.4) is 0 Å². The molecule has 1 atom stereocenters. The Balaban J connectivity index is 1.46. The van der Waals surface area contributed by atoms with Crippen LogP contribution in [0, 0.1) is 0 Å². The minimum absolute atomic E-state index is 0.0135. The molecule has 10 nitrogen and oxygen atoms in total. The number of hydrogen-bond acceptors (Lipinski definition) is 7. The molecule has 1 aliphatic rings. The first-order valence-electron chi connectivity index (χ1n) is 14.0. The number of rotatable bonds is 11. The summed E-state index contributed by atoms with van der Waals surface area (Å²) >= 11 is 3.63. The lowest BCUT2D eigenvalue weighted by molar-refractivity contribution is -0.124. The van der Waals surface area contributed by atoms with Crippen LogP contribution in [-0.2, 0) is 32.2 Å². The van der Waals surface area contributed by atoms with E-state index in [9.17, 15) is 9.59 Å². The van der Waals surface area contributed by atoms with Crippen molar-refractivity contribution in [2.75, 3.05) is 19.8 Å². The molecule has 2 N–H and O–H groups in total. The molecular formula is C30H39BrN4O6. The molecule has 3 heterocycles. The van der Waals surface area contributed by atoms with Crippen LogP contribution in [0.1, 0.15) is 52.5 Å². The SMILES string of the molecule is CCCOCn1cc(Br)c2c(Oc3ccc(CC(NC(=O)OC(C)(C)C)C(=O)NC4CCOCC4)cc3)ccnc21. The van der Waals surface area contributed by atoms with Gasteiger partial charge in [0.05, 0.1) is 5.39 Å². The molecule has 1 unspecified atom stereocenters. The van der Waals surface area contributed by atoms with Crippen LogP contribution in [0.5, 0.6) is 11.5 Å². The van der Waals surface area contributed by atoms with Crippen molar-refractivity contribution in [2.45, 2.75) is 77.8 Å². The van der Waals surface area contributed by atoms with Crippen molar-refractivity contribution in [1.29, 1.82) is 0 Å². The molecule has 11 heteroatoms. The van der Waals surface area contributed by atoms with Crippen LogP contribution in [0.2, 0.25) is 0 Å². The number of halogens is 1. The summed E-state index contributed by atoms with van der Waals surface area (Å²) in [6.07, 6.45) is 5.72. The zero-order valence-corrected chi connectivity index (χ0v) is 25.7. The fraction of sp³-hybridized carbons (Fsp3) is 0.500. The molecule has 1 saturated heterocycles. The summed E-state index contributed by atoms with van der Waals surface area (Å²) in [5, 5.41) is 6.66. The Morgan fingerprint density at radius 2 is 1.90 bits per heavy atom. The second kappa shape index (κ2) is 14.2. The predicted octanol–water partition coefficient (Wildman–Crippen LogP) is 5.71. The van der Waals surface area contributed by atoms with Crippen molar-refractivity contribution in [3.8, 4) is 11.5 Å². The van der Waals surface area contributed by atoms with E-state index in [1.165, 1.54) is 0 Å². The molecule has 222 valence electrons. The van der Waals surface area contributed by atoms with Gasteiger partial charge in [0.2, 0.25) is 5.91 Å². The molecule has 0 radical (unpaired) electrons. The van der Waals surface area contributed by atoms with Gasteiger partial charge >= 0.3 is 6.09 Å². The summed E-state index contributed by atoms with van der Waals surface area (Å²) in [7, 11) is 0. The zero-order valence-electron chi connectivity index (χ0n) is 24.1. The molecule has 1 aromatic carbocycles. The highest BCUT2D eigenvalue weighted by Crippen LogP contribution is 2.35. The standard InChI is InChI=1S/C30H39BrN4O6/c1-5-14-39-19-35-18-23(31)26-25(10-13-32-27(26)35)40-22-8-6-20(7-9-22)17-24(34-29(37)41-30(2,3)4)28(36)33-21-11-15-38-16-12-21/h6-10,13,18,21,24H,5,11-12,14-17,19H2,1-4H3,(H,33,36)(H,34,37). The first-order chi connectivity index (χ1) is 19.6. The van der Waals surface area contributed by atoms with Crippen molar-refractivity contribution in [2.24, 2.45) is 0 Å². The van der Waals surface area contributed by atoms with Gasteiger partial charge in [0.1, 0.15) is 35.5 Å². The van der Waals surface area contributed by atoms with Crippen LogP contribution in [0.15, 0.2) is 47.2 Å². The predicted molar refractivity (Wildman–Crippen MR) is 159 cm³/mol. The van der Waals surface area contributed by atoms with E-state index in [1.807, 2.05) is 41.1 Å². The third-order valence-corrected chi connectivity index (χ3v) is 7.02. The molecule has 0 saturated carbocycles. The number of pyridine rings is 1.